The van der Waals surface area contributed by atoms with E-state index in [1.807, 2.05) is 20.8 Å². The molecule has 0 aliphatic heterocycles. The Morgan fingerprint density at radius 2 is 1.94 bits per heavy atom. The molecule has 0 bridgehead atoms. The lowest BCUT2D eigenvalue weighted by Crippen LogP contribution is -2.20. The van der Waals surface area contributed by atoms with Crippen molar-refractivity contribution in [1.29, 1.82) is 0 Å². The molecule has 1 N–H and O–H groups in total. The number of ether oxygens (including phenoxy) is 1. The quantitative estimate of drug-likeness (QED) is 0.889. The van der Waals surface area contributed by atoms with Gasteiger partial charge in [-0.25, -0.2) is 9.50 Å². The van der Waals surface area contributed by atoms with Crippen LogP contribution in [0.25, 0.3) is 5.65 Å². The normalized spacial score (nSPS) is 11.1. The zero-order chi connectivity index (χ0) is 13.9. The molecule has 0 aliphatic carbocycles. The minimum Gasteiger partial charge on any atom is -0.495 e. The van der Waals surface area contributed by atoms with Crippen molar-refractivity contribution in [1.82, 2.24) is 14.6 Å². The third-order valence-corrected chi connectivity index (χ3v) is 2.43. The SMILES string of the molecule is CC.COc1cc2ncc(C)n2nc1C(C)(C)O. The van der Waals surface area contributed by atoms with Crippen LogP contribution in [-0.4, -0.2) is 26.8 Å². The average Bonchev–Trinajstić information content (AvgIpc) is 2.70. The number of nitrogens with zero attached hydrogens (tertiary/aromatic N) is 3. The Labute approximate surface area is 107 Å². The number of rotatable bonds is 2. The molecule has 0 saturated heterocycles. The van der Waals surface area contributed by atoms with Crippen molar-refractivity contribution in [2.45, 2.75) is 40.2 Å². The number of hydrogen-bond donors (Lipinski definition) is 1. The van der Waals surface area contributed by atoms with Gasteiger partial charge in [0.05, 0.1) is 19.0 Å². The second-order valence-electron chi connectivity index (χ2n) is 4.29. The largest absolute Gasteiger partial charge is 0.495 e. The number of fused-ring (bicyclic) bond motifs is 1. The van der Waals surface area contributed by atoms with E-state index in [1.165, 1.54) is 0 Å². The van der Waals surface area contributed by atoms with E-state index in [1.54, 1.807) is 37.7 Å². The van der Waals surface area contributed by atoms with Crippen molar-refractivity contribution in [2.24, 2.45) is 0 Å². The molecule has 0 atom stereocenters. The van der Waals surface area contributed by atoms with Gasteiger partial charge in [-0.05, 0) is 20.8 Å². The van der Waals surface area contributed by atoms with Crippen LogP contribution in [0.3, 0.4) is 0 Å². The third kappa shape index (κ3) is 2.61. The number of hydrogen-bond acceptors (Lipinski definition) is 4. The third-order valence-electron chi connectivity index (χ3n) is 2.43. The van der Waals surface area contributed by atoms with Gasteiger partial charge in [0.25, 0.3) is 0 Å². The van der Waals surface area contributed by atoms with Gasteiger partial charge in [-0.1, -0.05) is 13.8 Å². The number of aryl methyl sites for hydroxylation is 1. The Balaban J connectivity index is 0.000000771. The van der Waals surface area contributed by atoms with Gasteiger partial charge in [-0.15, -0.1) is 0 Å². The Morgan fingerprint density at radius 1 is 1.33 bits per heavy atom. The molecule has 0 fully saturated rings. The molecule has 2 rings (SSSR count). The summed E-state index contributed by atoms with van der Waals surface area (Å²) in [5, 5.41) is 14.4. The monoisotopic (exact) mass is 251 g/mol. The highest BCUT2D eigenvalue weighted by atomic mass is 16.5. The minimum atomic E-state index is -1.05. The summed E-state index contributed by atoms with van der Waals surface area (Å²) in [6, 6.07) is 1.77. The molecule has 0 spiro atoms. The molecule has 0 aromatic carbocycles. The molecule has 0 unspecified atom stereocenters. The van der Waals surface area contributed by atoms with E-state index in [4.69, 9.17) is 4.74 Å². The predicted molar refractivity (Wildman–Crippen MR) is 70.9 cm³/mol. The topological polar surface area (TPSA) is 59.7 Å². The van der Waals surface area contributed by atoms with E-state index < -0.39 is 5.60 Å². The van der Waals surface area contributed by atoms with E-state index in [2.05, 4.69) is 10.1 Å². The second kappa shape index (κ2) is 5.35. The maximum atomic E-state index is 10.0. The number of aromatic nitrogens is 3. The molecule has 5 heteroatoms. The van der Waals surface area contributed by atoms with Crippen LogP contribution in [-0.2, 0) is 5.60 Å². The highest BCUT2D eigenvalue weighted by Crippen LogP contribution is 2.28. The van der Waals surface area contributed by atoms with Crippen molar-refractivity contribution >= 4 is 5.65 Å². The van der Waals surface area contributed by atoms with Crippen molar-refractivity contribution in [2.75, 3.05) is 7.11 Å². The molecular formula is C13H21N3O2. The lowest BCUT2D eigenvalue weighted by Gasteiger charge is -2.19. The maximum Gasteiger partial charge on any atom is 0.157 e. The summed E-state index contributed by atoms with van der Waals surface area (Å²) >= 11 is 0. The molecule has 2 heterocycles. The summed E-state index contributed by atoms with van der Waals surface area (Å²) in [4.78, 5) is 4.19. The molecule has 0 amide bonds. The highest BCUT2D eigenvalue weighted by Gasteiger charge is 2.24. The van der Waals surface area contributed by atoms with Crippen LogP contribution in [0.5, 0.6) is 5.75 Å². The van der Waals surface area contributed by atoms with Gasteiger partial charge in [0, 0.05) is 6.07 Å². The minimum absolute atomic E-state index is 0.503. The van der Waals surface area contributed by atoms with Crippen molar-refractivity contribution in [3.8, 4) is 5.75 Å². The molecule has 0 aliphatic rings. The first-order valence-corrected chi connectivity index (χ1v) is 6.05. The fourth-order valence-corrected chi connectivity index (χ4v) is 1.59. The van der Waals surface area contributed by atoms with Gasteiger partial charge in [-0.3, -0.25) is 0 Å². The summed E-state index contributed by atoms with van der Waals surface area (Å²) in [6.45, 7) is 9.26. The van der Waals surface area contributed by atoms with E-state index in [0.29, 0.717) is 17.1 Å². The van der Waals surface area contributed by atoms with Gasteiger partial charge in [0.1, 0.15) is 17.0 Å². The average molecular weight is 251 g/mol. The first-order valence-electron chi connectivity index (χ1n) is 6.05. The smallest absolute Gasteiger partial charge is 0.157 e. The van der Waals surface area contributed by atoms with Crippen LogP contribution in [0, 0.1) is 6.92 Å². The summed E-state index contributed by atoms with van der Waals surface area (Å²) in [6.07, 6.45) is 1.73. The molecule has 2 aromatic rings. The van der Waals surface area contributed by atoms with Crippen LogP contribution in [0.2, 0.25) is 0 Å². The Bertz CT molecular complexity index is 527. The number of imidazole rings is 1. The molecule has 0 saturated carbocycles. The van der Waals surface area contributed by atoms with Crippen LogP contribution < -0.4 is 4.74 Å². The molecule has 5 nitrogen and oxygen atoms in total. The van der Waals surface area contributed by atoms with E-state index in [-0.39, 0.29) is 0 Å². The van der Waals surface area contributed by atoms with Crippen molar-refractivity contribution in [3.63, 3.8) is 0 Å². The lowest BCUT2D eigenvalue weighted by atomic mass is 10.0. The maximum absolute atomic E-state index is 10.0. The second-order valence-corrected chi connectivity index (χ2v) is 4.29. The fourth-order valence-electron chi connectivity index (χ4n) is 1.59. The van der Waals surface area contributed by atoms with Crippen LogP contribution in [0.1, 0.15) is 39.1 Å². The Morgan fingerprint density at radius 3 is 2.44 bits per heavy atom. The van der Waals surface area contributed by atoms with Crippen LogP contribution >= 0.6 is 0 Å². The number of aliphatic hydroxyl groups is 1. The first-order chi connectivity index (χ1) is 8.43. The van der Waals surface area contributed by atoms with E-state index >= 15 is 0 Å². The van der Waals surface area contributed by atoms with Crippen LogP contribution in [0.4, 0.5) is 0 Å². The summed E-state index contributed by atoms with van der Waals surface area (Å²) in [7, 11) is 1.55. The Kier molecular flexibility index (Phi) is 4.29. The van der Waals surface area contributed by atoms with E-state index in [0.717, 1.165) is 5.69 Å². The lowest BCUT2D eigenvalue weighted by molar-refractivity contribution is 0.0693. The molecular weight excluding hydrogens is 230 g/mol. The summed E-state index contributed by atoms with van der Waals surface area (Å²) in [5.41, 5.74) is 1.09. The predicted octanol–water partition coefficient (Wildman–Crippen LogP) is 2.30. The zero-order valence-corrected chi connectivity index (χ0v) is 11.9. The molecule has 18 heavy (non-hydrogen) atoms. The number of methoxy groups -OCH3 is 1. The van der Waals surface area contributed by atoms with Gasteiger partial charge < -0.3 is 9.84 Å². The standard InChI is InChI=1S/C11H15N3O2.C2H6/c1-7-6-12-9-5-8(16-4)10(11(2,3)15)13-14(7)9;1-2/h5-6,15H,1-4H3;1-2H3. The van der Waals surface area contributed by atoms with Crippen molar-refractivity contribution in [3.05, 3.63) is 23.7 Å². The van der Waals surface area contributed by atoms with Gasteiger partial charge in [0.15, 0.2) is 5.65 Å². The molecule has 100 valence electrons. The zero-order valence-electron chi connectivity index (χ0n) is 11.9. The van der Waals surface area contributed by atoms with Gasteiger partial charge in [0.2, 0.25) is 0 Å². The van der Waals surface area contributed by atoms with E-state index in [9.17, 15) is 5.11 Å². The fraction of sp³-hybridized carbons (Fsp3) is 0.538. The van der Waals surface area contributed by atoms with Crippen molar-refractivity contribution < 1.29 is 9.84 Å². The summed E-state index contributed by atoms with van der Waals surface area (Å²) in [5.74, 6) is 0.547. The van der Waals surface area contributed by atoms with Crippen LogP contribution in [0.15, 0.2) is 12.3 Å². The Hall–Kier alpha value is -1.62. The van der Waals surface area contributed by atoms with Gasteiger partial charge >= 0.3 is 0 Å². The summed E-state index contributed by atoms with van der Waals surface area (Å²) < 4.78 is 6.90. The van der Waals surface area contributed by atoms with Gasteiger partial charge in [-0.2, -0.15) is 5.10 Å². The highest BCUT2D eigenvalue weighted by molar-refractivity contribution is 5.47. The first kappa shape index (κ1) is 14.4. The molecule has 2 aromatic heterocycles. The molecule has 0 radical (unpaired) electrons.